The first-order valence-electron chi connectivity index (χ1n) is 8.55. The highest BCUT2D eigenvalue weighted by Crippen LogP contribution is 2.07. The molecule has 0 unspecified atom stereocenters. The van der Waals surface area contributed by atoms with Crippen LogP contribution in [0.1, 0.15) is 72.1 Å². The predicted octanol–water partition coefficient (Wildman–Crippen LogP) is 5.59. The largest absolute Gasteiger partial charge is 0.632 e. The van der Waals surface area contributed by atoms with E-state index in [1.807, 2.05) is 6.92 Å². The highest BCUT2D eigenvalue weighted by molar-refractivity contribution is 4.85. The molecule has 118 valence electrons. The van der Waals surface area contributed by atoms with E-state index in [1.54, 1.807) is 0 Å². The second-order valence-electron chi connectivity index (χ2n) is 5.67. The van der Waals surface area contributed by atoms with Gasteiger partial charge in [-0.3, -0.25) is 0 Å². The molecule has 0 saturated heterocycles. The first-order chi connectivity index (χ1) is 9.68. The van der Waals surface area contributed by atoms with Crippen LogP contribution in [0.25, 0.3) is 0 Å². The van der Waals surface area contributed by atoms with Gasteiger partial charge >= 0.3 is 0 Å². The lowest BCUT2D eigenvalue weighted by atomic mass is 10.2. The van der Waals surface area contributed by atoms with Gasteiger partial charge in [0.15, 0.2) is 0 Å². The number of nitrogens with zero attached hydrogens (tertiary/aromatic N) is 1. The molecule has 0 N–H and O–H groups in total. The van der Waals surface area contributed by atoms with Crippen LogP contribution in [0.4, 0.5) is 0 Å². The number of likely N-dealkylation sites (N-methyl/N-ethyl adjacent to an activating group) is 1. The molecule has 0 radical (unpaired) electrons. The van der Waals surface area contributed by atoms with Gasteiger partial charge in [0, 0.05) is 0 Å². The van der Waals surface area contributed by atoms with Crippen molar-refractivity contribution in [3.05, 3.63) is 29.5 Å². The Morgan fingerprint density at radius 2 is 1.15 bits per heavy atom. The minimum Gasteiger partial charge on any atom is -0.632 e. The summed E-state index contributed by atoms with van der Waals surface area (Å²) in [5, 5.41) is 12.5. The van der Waals surface area contributed by atoms with Crippen molar-refractivity contribution in [1.82, 2.24) is 0 Å². The quantitative estimate of drug-likeness (QED) is 0.187. The smallest absolute Gasteiger partial charge is 0.0973 e. The monoisotopic (exact) mass is 281 g/mol. The lowest BCUT2D eigenvalue weighted by Gasteiger charge is -2.40. The van der Waals surface area contributed by atoms with Gasteiger partial charge in [0.1, 0.15) is 0 Å². The van der Waals surface area contributed by atoms with Crippen LogP contribution in [0.2, 0.25) is 0 Å². The van der Waals surface area contributed by atoms with Crippen LogP contribution < -0.4 is 0 Å². The third-order valence-electron chi connectivity index (χ3n) is 3.73. The van der Waals surface area contributed by atoms with Gasteiger partial charge in [-0.2, -0.15) is 0 Å². The van der Waals surface area contributed by atoms with E-state index in [0.717, 1.165) is 12.8 Å². The van der Waals surface area contributed by atoms with E-state index < -0.39 is 0 Å². The van der Waals surface area contributed by atoms with Crippen molar-refractivity contribution in [2.45, 2.75) is 72.1 Å². The molecule has 0 amide bonds. The Hall–Kier alpha value is -0.600. The van der Waals surface area contributed by atoms with E-state index in [9.17, 15) is 5.21 Å². The van der Waals surface area contributed by atoms with Crippen LogP contribution in [0, 0.1) is 5.21 Å². The summed E-state index contributed by atoms with van der Waals surface area (Å²) in [6, 6.07) is 0. The Morgan fingerprint density at radius 1 is 0.700 bits per heavy atom. The van der Waals surface area contributed by atoms with E-state index in [2.05, 4.69) is 38.2 Å². The zero-order valence-electron chi connectivity index (χ0n) is 13.9. The van der Waals surface area contributed by atoms with Gasteiger partial charge in [0.05, 0.1) is 19.6 Å². The molecule has 0 aliphatic heterocycles. The first kappa shape index (κ1) is 19.4. The normalized spacial score (nSPS) is 12.8. The topological polar surface area (TPSA) is 23.1 Å². The van der Waals surface area contributed by atoms with Crippen LogP contribution in [-0.4, -0.2) is 24.3 Å². The second kappa shape index (κ2) is 13.4. The SMILES string of the molecule is CCCCC/C=C/C[N+]([O-])(CC)C/C=C/CCCCC. The molecular formula is C18H35NO. The zero-order valence-corrected chi connectivity index (χ0v) is 13.9. The molecule has 2 heteroatoms. The summed E-state index contributed by atoms with van der Waals surface area (Å²) in [5.41, 5.74) is 0. The van der Waals surface area contributed by atoms with Crippen molar-refractivity contribution in [2.75, 3.05) is 19.6 Å². The maximum atomic E-state index is 12.5. The van der Waals surface area contributed by atoms with Crippen LogP contribution in [0.3, 0.4) is 0 Å². The number of rotatable bonds is 13. The summed E-state index contributed by atoms with van der Waals surface area (Å²) in [7, 11) is 0. The molecule has 0 spiro atoms. The summed E-state index contributed by atoms with van der Waals surface area (Å²) in [5.74, 6) is 0. The van der Waals surface area contributed by atoms with Gasteiger partial charge in [-0.25, -0.2) is 0 Å². The van der Waals surface area contributed by atoms with Crippen molar-refractivity contribution in [3.63, 3.8) is 0 Å². The Kier molecular flexibility index (Phi) is 13.0. The number of allylic oxidation sites excluding steroid dienone is 2. The molecule has 2 nitrogen and oxygen atoms in total. The maximum Gasteiger partial charge on any atom is 0.0973 e. The molecule has 0 aliphatic carbocycles. The van der Waals surface area contributed by atoms with E-state index in [-0.39, 0.29) is 4.65 Å². The summed E-state index contributed by atoms with van der Waals surface area (Å²) >= 11 is 0. The average Bonchev–Trinajstić information content (AvgIpc) is 2.46. The third-order valence-corrected chi connectivity index (χ3v) is 3.73. The maximum absolute atomic E-state index is 12.5. The first-order valence-corrected chi connectivity index (χ1v) is 8.55. The van der Waals surface area contributed by atoms with E-state index >= 15 is 0 Å². The minimum atomic E-state index is -0.117. The Balaban J connectivity index is 3.88. The lowest BCUT2D eigenvalue weighted by molar-refractivity contribution is -0.867. The van der Waals surface area contributed by atoms with Gasteiger partial charge < -0.3 is 9.85 Å². The highest BCUT2D eigenvalue weighted by atomic mass is 16.5. The third kappa shape index (κ3) is 11.2. The van der Waals surface area contributed by atoms with Crippen molar-refractivity contribution >= 4 is 0 Å². The molecule has 0 atom stereocenters. The molecule has 0 saturated carbocycles. The highest BCUT2D eigenvalue weighted by Gasteiger charge is 2.09. The molecule has 0 rings (SSSR count). The number of hydrogen-bond acceptors (Lipinski definition) is 1. The molecule has 0 bridgehead atoms. The van der Waals surface area contributed by atoms with Crippen molar-refractivity contribution < 1.29 is 4.65 Å². The van der Waals surface area contributed by atoms with Crippen molar-refractivity contribution in [1.29, 1.82) is 0 Å². The summed E-state index contributed by atoms with van der Waals surface area (Å²) < 4.78 is -0.117. The average molecular weight is 281 g/mol. The van der Waals surface area contributed by atoms with Gasteiger partial charge in [0.25, 0.3) is 0 Å². The van der Waals surface area contributed by atoms with Crippen molar-refractivity contribution in [3.8, 4) is 0 Å². The van der Waals surface area contributed by atoms with E-state index in [1.165, 1.54) is 38.5 Å². The molecule has 0 fully saturated rings. The number of unbranched alkanes of at least 4 members (excludes halogenated alkanes) is 6. The zero-order chi connectivity index (χ0) is 15.1. The van der Waals surface area contributed by atoms with Crippen molar-refractivity contribution in [2.24, 2.45) is 0 Å². The number of quaternary nitrogens is 1. The molecule has 0 aromatic heterocycles. The fourth-order valence-corrected chi connectivity index (χ4v) is 2.13. The Morgan fingerprint density at radius 3 is 1.50 bits per heavy atom. The second-order valence-corrected chi connectivity index (χ2v) is 5.67. The fraction of sp³-hybridized carbons (Fsp3) is 0.778. The molecular weight excluding hydrogens is 246 g/mol. The lowest BCUT2D eigenvalue weighted by Crippen LogP contribution is -2.42. The molecule has 0 aliphatic rings. The number of hydroxylamine groups is 3. The summed E-state index contributed by atoms with van der Waals surface area (Å²) in [6.07, 6.45) is 18.3. The molecule has 0 aromatic carbocycles. The van der Waals surface area contributed by atoms with Crippen LogP contribution in [0.5, 0.6) is 0 Å². The van der Waals surface area contributed by atoms with Crippen LogP contribution >= 0.6 is 0 Å². The van der Waals surface area contributed by atoms with E-state index in [0.29, 0.717) is 19.6 Å². The summed E-state index contributed by atoms with van der Waals surface area (Å²) in [4.78, 5) is 0. The van der Waals surface area contributed by atoms with Gasteiger partial charge in [0.2, 0.25) is 0 Å². The van der Waals surface area contributed by atoms with Crippen LogP contribution in [0.15, 0.2) is 24.3 Å². The fourth-order valence-electron chi connectivity index (χ4n) is 2.13. The van der Waals surface area contributed by atoms with E-state index in [4.69, 9.17) is 0 Å². The standard InChI is InChI=1S/C18H35NO/c1-4-7-9-11-13-15-17-19(20,6-3)18-16-14-12-10-8-5-2/h13-16H,4-12,17-18H2,1-3H3/b15-13+,16-14+. The molecule has 0 heterocycles. The summed E-state index contributed by atoms with van der Waals surface area (Å²) in [6.45, 7) is 8.30. The van der Waals surface area contributed by atoms with Gasteiger partial charge in [-0.1, -0.05) is 51.7 Å². The number of hydrogen-bond donors (Lipinski definition) is 0. The minimum absolute atomic E-state index is 0.117. The molecule has 20 heavy (non-hydrogen) atoms. The van der Waals surface area contributed by atoms with Gasteiger partial charge in [-0.05, 0) is 44.8 Å². The Labute approximate surface area is 126 Å². The molecule has 0 aromatic rings. The predicted molar refractivity (Wildman–Crippen MR) is 90.5 cm³/mol. The Bertz CT molecular complexity index is 236. The van der Waals surface area contributed by atoms with Gasteiger partial charge in [-0.15, -0.1) is 0 Å². The van der Waals surface area contributed by atoms with Crippen LogP contribution in [-0.2, 0) is 0 Å².